The third-order valence-electron chi connectivity index (χ3n) is 18.8. The number of hydrogen-bond donors (Lipinski definition) is 1. The summed E-state index contributed by atoms with van der Waals surface area (Å²) in [5.41, 5.74) is -0.318. The van der Waals surface area contributed by atoms with Gasteiger partial charge in [0.25, 0.3) is 0 Å². The lowest BCUT2D eigenvalue weighted by Gasteiger charge is -2.73. The monoisotopic (exact) mass is 782 g/mol. The number of carboxylic acids is 1. The van der Waals surface area contributed by atoms with Gasteiger partial charge in [-0.2, -0.15) is 4.98 Å². The number of aromatic nitrogens is 2. The lowest BCUT2D eigenvalue weighted by Crippen LogP contribution is -2.67. The molecule has 9 heteroatoms. The van der Waals surface area contributed by atoms with E-state index in [1.807, 2.05) is 30.3 Å². The largest absolute Gasteiger partial charge is 0.481 e. The van der Waals surface area contributed by atoms with E-state index in [-0.39, 0.29) is 45.6 Å². The van der Waals surface area contributed by atoms with Crippen LogP contribution in [-0.4, -0.2) is 50.6 Å². The minimum atomic E-state index is -1.15. The van der Waals surface area contributed by atoms with Crippen molar-refractivity contribution in [2.45, 2.75) is 157 Å². The van der Waals surface area contributed by atoms with Crippen LogP contribution in [0.25, 0.3) is 11.4 Å². The fourth-order valence-corrected chi connectivity index (χ4v) is 15.5. The molecule has 1 aliphatic heterocycles. The number of esters is 1. The van der Waals surface area contributed by atoms with Crippen LogP contribution >= 0.6 is 0 Å². The first-order chi connectivity index (χ1) is 27.0. The quantitative estimate of drug-likeness (QED) is 0.263. The van der Waals surface area contributed by atoms with Crippen LogP contribution < -0.4 is 0 Å². The number of fused-ring (bicyclic) bond motifs is 7. The van der Waals surface area contributed by atoms with Crippen molar-refractivity contribution in [1.29, 1.82) is 0 Å². The molecule has 6 saturated carbocycles. The molecule has 0 bridgehead atoms. The van der Waals surface area contributed by atoms with Gasteiger partial charge in [-0.3, -0.25) is 14.4 Å². The Labute approximate surface area is 339 Å². The Bertz CT molecular complexity index is 1900. The third kappa shape index (κ3) is 5.83. The highest BCUT2D eigenvalue weighted by Gasteiger charge is 2.73. The summed E-state index contributed by atoms with van der Waals surface area (Å²) in [5, 5.41) is 14.0. The summed E-state index contributed by atoms with van der Waals surface area (Å²) in [4.78, 5) is 47.5. The highest BCUT2D eigenvalue weighted by molar-refractivity contribution is 5.84. The summed E-state index contributed by atoms with van der Waals surface area (Å²) in [6.45, 7) is 16.5. The molecule has 2 aromatic rings. The fourth-order valence-electron chi connectivity index (χ4n) is 15.5. The van der Waals surface area contributed by atoms with Crippen molar-refractivity contribution < 1.29 is 28.8 Å². The van der Waals surface area contributed by atoms with Gasteiger partial charge in [0.15, 0.2) is 0 Å². The van der Waals surface area contributed by atoms with Crippen molar-refractivity contribution in [2.24, 2.45) is 68.0 Å². The van der Waals surface area contributed by atoms with E-state index in [4.69, 9.17) is 14.2 Å². The third-order valence-corrected chi connectivity index (χ3v) is 18.8. The van der Waals surface area contributed by atoms with E-state index in [9.17, 15) is 14.7 Å². The van der Waals surface area contributed by atoms with Gasteiger partial charge in [0.2, 0.25) is 17.6 Å². The summed E-state index contributed by atoms with van der Waals surface area (Å²) in [6.07, 6.45) is 14.9. The smallest absolute Gasteiger partial charge is 0.309 e. The molecule has 0 unspecified atom stereocenters. The number of benzene rings is 1. The van der Waals surface area contributed by atoms with Gasteiger partial charge in [-0.1, -0.05) is 70.1 Å². The van der Waals surface area contributed by atoms with Gasteiger partial charge >= 0.3 is 11.9 Å². The maximum Gasteiger partial charge on any atom is 0.309 e. The van der Waals surface area contributed by atoms with E-state index in [1.165, 1.54) is 32.1 Å². The van der Waals surface area contributed by atoms with Gasteiger partial charge in [-0.15, -0.1) is 0 Å². The average Bonchev–Trinajstić information content (AvgIpc) is 3.52. The molecule has 2 heterocycles. The van der Waals surface area contributed by atoms with Crippen molar-refractivity contribution >= 4 is 17.8 Å². The number of amides is 1. The second-order valence-electron chi connectivity index (χ2n) is 22.1. The second-order valence-corrected chi connectivity index (χ2v) is 22.1. The zero-order valence-electron chi connectivity index (χ0n) is 35.6. The summed E-state index contributed by atoms with van der Waals surface area (Å²) in [7, 11) is 0. The standard InChI is InChI=1S/C48H67N3O6/c1-43(2,42(54)55)28-37(52)56-36-21-22-45(5)34(44(36,3)4)20-23-47(7)35(45)18-17-32-38-31(29-15-16-29)19-24-48(38,26-25-46(32,47)6)41(53)51-27-11-14-33(51)40-49-39(50-57-40)30-12-9-8-10-13-30/h8-10,12-13,29,31-36,38H,11,14-28H2,1-7H3,(H,54,55)/t31-,32+,33+,34-,35+,36-,38+,45-,46+,47+,48-/m0/s1. The molecule has 7 aliphatic rings. The van der Waals surface area contributed by atoms with Crippen LogP contribution in [0.1, 0.15) is 157 Å². The predicted octanol–water partition coefficient (Wildman–Crippen LogP) is 10.3. The van der Waals surface area contributed by atoms with Crippen molar-refractivity contribution in [2.75, 3.05) is 6.54 Å². The first-order valence-corrected chi connectivity index (χ1v) is 22.6. The molecular weight excluding hydrogens is 715 g/mol. The van der Waals surface area contributed by atoms with Crippen molar-refractivity contribution in [3.8, 4) is 11.4 Å². The minimum Gasteiger partial charge on any atom is -0.481 e. The van der Waals surface area contributed by atoms with Gasteiger partial charge in [-0.25, -0.2) is 0 Å². The molecule has 1 saturated heterocycles. The first kappa shape index (κ1) is 39.2. The van der Waals surface area contributed by atoms with E-state index in [0.717, 1.165) is 75.8 Å². The normalized spacial score (nSPS) is 41.0. The average molecular weight is 782 g/mol. The number of carbonyl (C=O) groups is 3. The minimum absolute atomic E-state index is 0.116. The molecule has 310 valence electrons. The Morgan fingerprint density at radius 1 is 0.860 bits per heavy atom. The van der Waals surface area contributed by atoms with Crippen LogP contribution in [0, 0.1) is 68.0 Å². The summed E-state index contributed by atoms with van der Waals surface area (Å²) >= 11 is 0. The molecule has 1 amide bonds. The van der Waals surface area contributed by atoms with Gasteiger partial charge in [0, 0.05) is 17.5 Å². The Morgan fingerprint density at radius 2 is 1.61 bits per heavy atom. The molecule has 6 aliphatic carbocycles. The van der Waals surface area contributed by atoms with Crippen molar-refractivity contribution in [3.05, 3.63) is 36.2 Å². The van der Waals surface area contributed by atoms with Crippen LogP contribution in [0.2, 0.25) is 0 Å². The molecule has 57 heavy (non-hydrogen) atoms. The van der Waals surface area contributed by atoms with Crippen LogP contribution in [0.4, 0.5) is 0 Å². The zero-order chi connectivity index (χ0) is 40.3. The molecular formula is C48H67N3O6. The fraction of sp³-hybridized carbons (Fsp3) is 0.771. The number of aliphatic carboxylic acids is 1. The van der Waals surface area contributed by atoms with Crippen LogP contribution in [-0.2, 0) is 19.1 Å². The Kier molecular flexibility index (Phi) is 9.22. The SMILES string of the molecule is CC(C)(CC(=O)O[C@H]1CC[C@]2(C)[C@H]3CC[C@@H]4[C@H]5[C@H](C6CC6)CC[C@]5(C(=O)N5CCC[C@@H]5c5nc(-c6ccccc6)no5)CC[C@@]4(C)[C@]3(C)CC[C@H]2C1(C)C)C(=O)O. The number of carboxylic acid groups (broad SMARTS) is 1. The molecule has 0 radical (unpaired) electrons. The number of likely N-dealkylation sites (tertiary alicyclic amines) is 1. The van der Waals surface area contributed by atoms with Gasteiger partial charge < -0.3 is 19.3 Å². The summed E-state index contributed by atoms with van der Waals surface area (Å²) < 4.78 is 12.2. The number of carbonyl (C=O) groups excluding carboxylic acids is 2. The lowest BCUT2D eigenvalue weighted by molar-refractivity contribution is -0.251. The molecule has 0 spiro atoms. The van der Waals surface area contributed by atoms with E-state index in [0.29, 0.717) is 47.2 Å². The molecule has 9 nitrogen and oxygen atoms in total. The molecule has 9 rings (SSSR count). The zero-order valence-corrected chi connectivity index (χ0v) is 35.6. The highest BCUT2D eigenvalue weighted by atomic mass is 16.5. The summed E-state index contributed by atoms with van der Waals surface area (Å²) in [5.74, 6) is 3.52. The first-order valence-electron chi connectivity index (χ1n) is 22.6. The Balaban J connectivity index is 0.978. The van der Waals surface area contributed by atoms with Gasteiger partial charge in [0.05, 0.1) is 17.3 Å². The van der Waals surface area contributed by atoms with Crippen molar-refractivity contribution in [1.82, 2.24) is 15.0 Å². The highest BCUT2D eigenvalue weighted by Crippen LogP contribution is 2.78. The number of rotatable bonds is 8. The van der Waals surface area contributed by atoms with Crippen LogP contribution in [0.3, 0.4) is 0 Å². The van der Waals surface area contributed by atoms with Crippen LogP contribution in [0.15, 0.2) is 34.9 Å². The number of nitrogens with zero attached hydrogens (tertiary/aromatic N) is 3. The molecule has 1 N–H and O–H groups in total. The molecule has 1 aromatic carbocycles. The molecule has 1 aromatic heterocycles. The van der Waals surface area contributed by atoms with Gasteiger partial charge in [0.1, 0.15) is 12.1 Å². The predicted molar refractivity (Wildman–Crippen MR) is 216 cm³/mol. The van der Waals surface area contributed by atoms with E-state index in [1.54, 1.807) is 13.8 Å². The molecule has 11 atom stereocenters. The van der Waals surface area contributed by atoms with E-state index < -0.39 is 17.4 Å². The maximum absolute atomic E-state index is 15.5. The van der Waals surface area contributed by atoms with Crippen LogP contribution in [0.5, 0.6) is 0 Å². The number of ether oxygens (including phenoxy) is 1. The summed E-state index contributed by atoms with van der Waals surface area (Å²) in [6, 6.07) is 9.82. The second kappa shape index (κ2) is 13.4. The van der Waals surface area contributed by atoms with E-state index in [2.05, 4.69) is 44.7 Å². The lowest BCUT2D eigenvalue weighted by atomic mass is 9.32. The van der Waals surface area contributed by atoms with E-state index >= 15 is 4.79 Å². The Morgan fingerprint density at radius 3 is 2.33 bits per heavy atom. The van der Waals surface area contributed by atoms with Gasteiger partial charge in [-0.05, 0) is 155 Å². The van der Waals surface area contributed by atoms with Crippen molar-refractivity contribution in [3.63, 3.8) is 0 Å². The Hall–Kier alpha value is -3.23. The number of hydrogen-bond acceptors (Lipinski definition) is 7. The topological polar surface area (TPSA) is 123 Å². The molecule has 7 fully saturated rings. The maximum atomic E-state index is 15.5.